The minimum Gasteiger partial charge on any atom is -0.467 e. The van der Waals surface area contributed by atoms with Crippen LogP contribution in [0.2, 0.25) is 5.15 Å². The highest BCUT2D eigenvalue weighted by Crippen LogP contribution is 2.22. The first kappa shape index (κ1) is 36.1. The fraction of sp³-hybridized carbons (Fsp3) is 0.412. The third-order valence-electron chi connectivity index (χ3n) is 8.25. The van der Waals surface area contributed by atoms with E-state index in [1.807, 2.05) is 12.1 Å². The van der Waals surface area contributed by atoms with Crippen LogP contribution in [0.3, 0.4) is 0 Å². The van der Waals surface area contributed by atoms with Crippen LogP contribution in [0.25, 0.3) is 11.1 Å². The number of carbonyl (C=O) groups excluding carboxylic acids is 3. The number of nitrogen functional groups attached to an aromatic ring is 2. The Hall–Kier alpha value is -4.75. The van der Waals surface area contributed by atoms with Gasteiger partial charge >= 0.3 is 5.97 Å². The Morgan fingerprint density at radius 3 is 2.21 bits per heavy atom. The molecule has 1 aromatic heterocycles. The van der Waals surface area contributed by atoms with Crippen LogP contribution in [0.5, 0.6) is 0 Å². The molecule has 1 aliphatic rings. The predicted octanol–water partition coefficient (Wildman–Crippen LogP) is 3.01. The molecule has 13 nitrogen and oxygen atoms in total. The van der Waals surface area contributed by atoms with Gasteiger partial charge < -0.3 is 32.6 Å². The maximum atomic E-state index is 12.7. The van der Waals surface area contributed by atoms with Gasteiger partial charge in [-0.1, -0.05) is 60.1 Å². The van der Waals surface area contributed by atoms with Crippen LogP contribution in [0.15, 0.2) is 53.5 Å². The van der Waals surface area contributed by atoms with Gasteiger partial charge in [0.15, 0.2) is 28.4 Å². The number of nitrogens with zero attached hydrogens (tertiary/aromatic N) is 3. The molecule has 14 heteroatoms. The number of nitrogens with one attached hydrogen (secondary N) is 3. The van der Waals surface area contributed by atoms with E-state index in [0.29, 0.717) is 31.7 Å². The summed E-state index contributed by atoms with van der Waals surface area (Å²) < 4.78 is 4.95. The number of guanidine groups is 1. The van der Waals surface area contributed by atoms with Gasteiger partial charge in [-0.25, -0.2) is 14.8 Å². The van der Waals surface area contributed by atoms with E-state index >= 15 is 0 Å². The lowest BCUT2D eigenvalue weighted by Gasteiger charge is -2.26. The van der Waals surface area contributed by atoms with Crippen molar-refractivity contribution in [3.05, 3.63) is 70.5 Å². The molecule has 3 aromatic rings. The average Bonchev–Trinajstić information content (AvgIpc) is 3.09. The third-order valence-corrected chi connectivity index (χ3v) is 8.53. The highest BCUT2D eigenvalue weighted by atomic mass is 35.5. The molecular weight excluding hydrogens is 634 g/mol. The molecule has 0 saturated carbocycles. The molecule has 256 valence electrons. The van der Waals surface area contributed by atoms with Crippen LogP contribution in [-0.2, 0) is 27.2 Å². The van der Waals surface area contributed by atoms with E-state index in [2.05, 4.69) is 67.3 Å². The molecule has 9 N–H and O–H groups in total. The monoisotopic (exact) mass is 677 g/mol. The van der Waals surface area contributed by atoms with E-state index in [-0.39, 0.29) is 40.3 Å². The van der Waals surface area contributed by atoms with Gasteiger partial charge in [0.1, 0.15) is 6.04 Å². The van der Waals surface area contributed by atoms with Gasteiger partial charge in [-0.05, 0) is 86.2 Å². The van der Waals surface area contributed by atoms with Crippen molar-refractivity contribution < 1.29 is 19.1 Å². The number of benzene rings is 2. The summed E-state index contributed by atoms with van der Waals surface area (Å²) >= 11 is 5.82. The number of hydrogen-bond acceptors (Lipinski definition) is 10. The van der Waals surface area contributed by atoms with Crippen LogP contribution in [0.1, 0.15) is 60.1 Å². The van der Waals surface area contributed by atoms with Crippen LogP contribution in [-0.4, -0.2) is 66.5 Å². The Balaban J connectivity index is 1.17. The van der Waals surface area contributed by atoms with Gasteiger partial charge in [0.25, 0.3) is 5.91 Å². The molecule has 1 atom stereocenters. The molecule has 0 radical (unpaired) electrons. The van der Waals surface area contributed by atoms with Crippen molar-refractivity contribution in [2.45, 2.75) is 57.4 Å². The largest absolute Gasteiger partial charge is 0.467 e. The second-order valence-corrected chi connectivity index (χ2v) is 12.1. The fourth-order valence-electron chi connectivity index (χ4n) is 5.52. The van der Waals surface area contributed by atoms with E-state index in [9.17, 15) is 14.4 Å². The zero-order valence-electron chi connectivity index (χ0n) is 27.1. The van der Waals surface area contributed by atoms with Gasteiger partial charge in [-0.15, -0.1) is 0 Å². The Morgan fingerprint density at radius 1 is 0.958 bits per heavy atom. The second-order valence-electron chi connectivity index (χ2n) is 11.8. The molecule has 0 spiro atoms. The Bertz CT molecular complexity index is 1580. The molecular formula is C34H44ClN9O4. The maximum absolute atomic E-state index is 12.7. The van der Waals surface area contributed by atoms with Crippen molar-refractivity contribution in [1.29, 1.82) is 0 Å². The van der Waals surface area contributed by atoms with Crippen molar-refractivity contribution in [3.8, 4) is 11.1 Å². The molecule has 0 aliphatic carbocycles. The molecule has 1 fully saturated rings. The summed E-state index contributed by atoms with van der Waals surface area (Å²) in [5.41, 5.74) is 21.3. The molecule has 4 rings (SSSR count). The molecule has 0 unspecified atom stereocenters. The summed E-state index contributed by atoms with van der Waals surface area (Å²) in [5.74, 6) is -1.09. The van der Waals surface area contributed by atoms with Crippen LogP contribution in [0.4, 0.5) is 11.6 Å². The zero-order valence-corrected chi connectivity index (χ0v) is 27.9. The summed E-state index contributed by atoms with van der Waals surface area (Å²) in [4.78, 5) is 49.1. The Labute approximate surface area is 285 Å². The molecule has 2 amide bonds. The summed E-state index contributed by atoms with van der Waals surface area (Å²) in [6.07, 6.45) is 5.99. The minimum absolute atomic E-state index is 0.0528. The van der Waals surface area contributed by atoms with Gasteiger partial charge in [0.2, 0.25) is 5.91 Å². The van der Waals surface area contributed by atoms with E-state index in [1.165, 1.54) is 12.7 Å². The number of hydrogen-bond donors (Lipinski definition) is 6. The number of amides is 2. The molecule has 2 heterocycles. The standard InChI is InChI=1S/C34H44ClN9O4/c1-48-33(47)26(20-23-15-18-39-19-16-23)41-27(45)14-9-22-7-12-25(13-8-22)24-10-5-21(6-11-24)4-2-3-17-40-34(38)44-32(46)28-30(36)43-31(37)29(35)42-28/h5-8,10-13,23,26,39H,2-4,9,14-20H2,1H3,(H,41,45)(H4,36,37,43)(H3,38,40,44,46)/t26-/m1/s1. The summed E-state index contributed by atoms with van der Waals surface area (Å²) in [6.45, 7) is 2.30. The van der Waals surface area contributed by atoms with Crippen LogP contribution < -0.4 is 33.2 Å². The molecule has 1 aliphatic heterocycles. The third kappa shape index (κ3) is 10.9. The van der Waals surface area contributed by atoms with E-state index < -0.39 is 11.9 Å². The predicted molar refractivity (Wildman–Crippen MR) is 187 cm³/mol. The van der Waals surface area contributed by atoms with Crippen molar-refractivity contribution >= 4 is 47.0 Å². The fourth-order valence-corrected chi connectivity index (χ4v) is 5.65. The first-order valence-corrected chi connectivity index (χ1v) is 16.5. The number of aromatic nitrogens is 2. The lowest BCUT2D eigenvalue weighted by Crippen LogP contribution is -2.44. The zero-order chi connectivity index (χ0) is 34.5. The number of aryl methyl sites for hydroxylation is 2. The lowest BCUT2D eigenvalue weighted by molar-refractivity contribution is -0.145. The Morgan fingerprint density at radius 2 is 1.58 bits per heavy atom. The maximum Gasteiger partial charge on any atom is 0.328 e. The normalized spacial score (nSPS) is 14.2. The number of carbonyl (C=O) groups is 3. The topological polar surface area (TPSA) is 213 Å². The van der Waals surface area contributed by atoms with Crippen molar-refractivity contribution in [2.24, 2.45) is 16.6 Å². The van der Waals surface area contributed by atoms with E-state index in [4.69, 9.17) is 33.5 Å². The highest BCUT2D eigenvalue weighted by molar-refractivity contribution is 6.31. The second kappa shape index (κ2) is 18.0. The SMILES string of the molecule is COC(=O)[C@@H](CC1CCNCC1)NC(=O)CCc1ccc(-c2ccc(CCCCN=C(N)NC(=O)c3nc(Cl)c(N)nc3N)cc2)cc1. The number of anilines is 2. The van der Waals surface area contributed by atoms with Gasteiger partial charge in [0.05, 0.1) is 7.11 Å². The van der Waals surface area contributed by atoms with Crippen LogP contribution in [0, 0.1) is 5.92 Å². The van der Waals surface area contributed by atoms with Gasteiger partial charge in [0, 0.05) is 13.0 Å². The smallest absolute Gasteiger partial charge is 0.328 e. The average molecular weight is 678 g/mol. The highest BCUT2D eigenvalue weighted by Gasteiger charge is 2.26. The number of piperidine rings is 1. The number of methoxy groups -OCH3 is 1. The van der Waals surface area contributed by atoms with E-state index in [1.54, 1.807) is 0 Å². The number of ether oxygens (including phenoxy) is 1. The Kier molecular flexibility index (Phi) is 13.5. The molecule has 0 bridgehead atoms. The number of nitrogens with two attached hydrogens (primary N) is 3. The first-order valence-electron chi connectivity index (χ1n) is 16.1. The summed E-state index contributed by atoms with van der Waals surface area (Å²) in [6, 6.07) is 16.0. The lowest BCUT2D eigenvalue weighted by atomic mass is 9.91. The van der Waals surface area contributed by atoms with Crippen molar-refractivity contribution in [1.82, 2.24) is 25.9 Å². The number of rotatable bonds is 14. The molecule has 48 heavy (non-hydrogen) atoms. The number of esters is 1. The number of halogens is 1. The van der Waals surface area contributed by atoms with Crippen molar-refractivity contribution in [3.63, 3.8) is 0 Å². The van der Waals surface area contributed by atoms with E-state index in [0.717, 1.165) is 61.9 Å². The molecule has 1 saturated heterocycles. The summed E-state index contributed by atoms with van der Waals surface area (Å²) in [5, 5.41) is 8.52. The van der Waals surface area contributed by atoms with Gasteiger partial charge in [-0.3, -0.25) is 19.9 Å². The quantitative estimate of drug-likeness (QED) is 0.0635. The number of aliphatic imine (C=N–C) groups is 1. The molecule has 2 aromatic carbocycles. The first-order chi connectivity index (χ1) is 23.1. The van der Waals surface area contributed by atoms with Gasteiger partial charge in [-0.2, -0.15) is 0 Å². The van der Waals surface area contributed by atoms with Crippen LogP contribution >= 0.6 is 11.6 Å². The number of unbranched alkanes of at least 4 members (excludes halogenated alkanes) is 1. The minimum atomic E-state index is -0.672. The van der Waals surface area contributed by atoms with Crippen molar-refractivity contribution in [2.75, 3.05) is 38.2 Å². The summed E-state index contributed by atoms with van der Waals surface area (Å²) in [7, 11) is 1.36.